The van der Waals surface area contributed by atoms with Crippen LogP contribution in [0.2, 0.25) is 0 Å². The maximum Gasteiger partial charge on any atom is 0.253 e. The molecule has 0 radical (unpaired) electrons. The molecule has 4 rings (SSSR count). The van der Waals surface area contributed by atoms with E-state index >= 15 is 0 Å². The van der Waals surface area contributed by atoms with Crippen LogP contribution in [0.15, 0.2) is 65.8 Å². The normalized spacial score (nSPS) is 17.1. The molecule has 0 atom stereocenters. The number of benzene rings is 2. The van der Waals surface area contributed by atoms with Gasteiger partial charge >= 0.3 is 0 Å². The van der Waals surface area contributed by atoms with E-state index in [0.717, 1.165) is 48.4 Å². The third kappa shape index (κ3) is 3.20. The quantitative estimate of drug-likeness (QED) is 0.929. The van der Waals surface area contributed by atoms with E-state index in [1.165, 1.54) is 0 Å². The summed E-state index contributed by atoms with van der Waals surface area (Å²) >= 11 is 0. The zero-order chi connectivity index (χ0) is 17.9. The van der Waals surface area contributed by atoms with Gasteiger partial charge in [0.15, 0.2) is 0 Å². The van der Waals surface area contributed by atoms with Crippen LogP contribution in [0.25, 0.3) is 5.70 Å². The van der Waals surface area contributed by atoms with E-state index in [9.17, 15) is 4.79 Å². The monoisotopic (exact) mass is 346 g/mol. The molecule has 2 aromatic carbocycles. The van der Waals surface area contributed by atoms with Crippen LogP contribution in [0.3, 0.4) is 0 Å². The van der Waals surface area contributed by atoms with Crippen molar-refractivity contribution in [2.45, 2.75) is 12.8 Å². The number of likely N-dealkylation sites (tertiary alicyclic amines) is 1. The Morgan fingerprint density at radius 2 is 1.65 bits per heavy atom. The molecule has 2 N–H and O–H groups in total. The molecule has 0 aromatic heterocycles. The van der Waals surface area contributed by atoms with Crippen LogP contribution in [0.5, 0.6) is 0 Å². The fraction of sp³-hybridized carbons (Fsp3) is 0.238. The maximum atomic E-state index is 12.5. The first kappa shape index (κ1) is 16.4. The highest BCUT2D eigenvalue weighted by molar-refractivity contribution is 5.97. The lowest BCUT2D eigenvalue weighted by molar-refractivity contribution is 0.0793. The molecule has 0 unspecified atom stereocenters. The van der Waals surface area contributed by atoms with Crippen LogP contribution in [0.4, 0.5) is 5.69 Å². The van der Waals surface area contributed by atoms with Crippen molar-refractivity contribution in [3.8, 4) is 0 Å². The first-order valence-corrected chi connectivity index (χ1v) is 8.97. The number of nitrogens with two attached hydrogens (primary N) is 1. The second-order valence-electron chi connectivity index (χ2n) is 6.63. The van der Waals surface area contributed by atoms with Crippen LogP contribution >= 0.6 is 0 Å². The molecule has 5 heteroatoms. The van der Waals surface area contributed by atoms with Gasteiger partial charge in [0, 0.05) is 24.3 Å². The number of rotatable bonds is 3. The van der Waals surface area contributed by atoms with Gasteiger partial charge in [0.1, 0.15) is 5.84 Å². The van der Waals surface area contributed by atoms with Crippen molar-refractivity contribution in [2.24, 2.45) is 10.7 Å². The predicted molar refractivity (Wildman–Crippen MR) is 105 cm³/mol. The van der Waals surface area contributed by atoms with E-state index in [-0.39, 0.29) is 5.91 Å². The summed E-state index contributed by atoms with van der Waals surface area (Å²) in [5.41, 5.74) is 9.75. The highest BCUT2D eigenvalue weighted by Gasteiger charge is 2.21. The zero-order valence-electron chi connectivity index (χ0n) is 14.6. The summed E-state index contributed by atoms with van der Waals surface area (Å²) in [6.45, 7) is 2.27. The van der Waals surface area contributed by atoms with Gasteiger partial charge in [0.05, 0.1) is 18.4 Å². The maximum absolute atomic E-state index is 12.5. The number of amidine groups is 1. The van der Waals surface area contributed by atoms with Crippen molar-refractivity contribution in [2.75, 3.05) is 24.5 Å². The van der Waals surface area contributed by atoms with Crippen molar-refractivity contribution in [1.82, 2.24) is 4.90 Å². The summed E-state index contributed by atoms with van der Waals surface area (Å²) in [6.07, 6.45) is 3.99. The molecule has 0 bridgehead atoms. The average molecular weight is 346 g/mol. The second-order valence-corrected chi connectivity index (χ2v) is 6.63. The van der Waals surface area contributed by atoms with Crippen LogP contribution in [0.1, 0.15) is 28.8 Å². The summed E-state index contributed by atoms with van der Waals surface area (Å²) < 4.78 is 0. The van der Waals surface area contributed by atoms with Gasteiger partial charge in [0.25, 0.3) is 5.91 Å². The molecule has 2 aromatic rings. The smallest absolute Gasteiger partial charge is 0.253 e. The molecule has 2 aliphatic rings. The van der Waals surface area contributed by atoms with Gasteiger partial charge in [-0.3, -0.25) is 4.79 Å². The molecule has 1 fully saturated rings. The largest absolute Gasteiger partial charge is 0.386 e. The average Bonchev–Trinajstić information content (AvgIpc) is 3.23. The van der Waals surface area contributed by atoms with E-state index in [0.29, 0.717) is 12.4 Å². The molecule has 0 saturated carbocycles. The summed E-state index contributed by atoms with van der Waals surface area (Å²) in [6, 6.07) is 17.9. The molecule has 0 spiro atoms. The van der Waals surface area contributed by atoms with Crippen molar-refractivity contribution >= 4 is 23.1 Å². The summed E-state index contributed by atoms with van der Waals surface area (Å²) in [5.74, 6) is 0.701. The minimum Gasteiger partial charge on any atom is -0.386 e. The number of carbonyl (C=O) groups excluding carboxylic acids is 1. The van der Waals surface area contributed by atoms with E-state index in [1.54, 1.807) is 6.20 Å². The highest BCUT2D eigenvalue weighted by atomic mass is 16.2. The lowest BCUT2D eigenvalue weighted by Gasteiger charge is -2.29. The summed E-state index contributed by atoms with van der Waals surface area (Å²) in [7, 11) is 0. The van der Waals surface area contributed by atoms with Crippen molar-refractivity contribution in [3.05, 3.63) is 71.9 Å². The highest BCUT2D eigenvalue weighted by Crippen LogP contribution is 2.28. The minimum atomic E-state index is 0.119. The number of anilines is 1. The van der Waals surface area contributed by atoms with E-state index in [4.69, 9.17) is 5.73 Å². The Morgan fingerprint density at radius 3 is 2.35 bits per heavy atom. The Balaban J connectivity index is 1.61. The lowest BCUT2D eigenvalue weighted by atomic mass is 10.1. The molecule has 2 aliphatic heterocycles. The van der Waals surface area contributed by atoms with Crippen LogP contribution in [-0.4, -0.2) is 36.3 Å². The molecule has 132 valence electrons. The predicted octanol–water partition coefficient (Wildman–Crippen LogP) is 3.10. The van der Waals surface area contributed by atoms with Crippen LogP contribution in [0, 0.1) is 0 Å². The minimum absolute atomic E-state index is 0.119. The topological polar surface area (TPSA) is 61.9 Å². The number of hydrogen-bond acceptors (Lipinski definition) is 4. The van der Waals surface area contributed by atoms with E-state index < -0.39 is 0 Å². The third-order valence-electron chi connectivity index (χ3n) is 4.85. The number of aliphatic imine (C=N–C) groups is 1. The summed E-state index contributed by atoms with van der Waals surface area (Å²) in [5, 5.41) is 0. The number of hydrogen-bond donors (Lipinski definition) is 1. The Morgan fingerprint density at radius 1 is 0.962 bits per heavy atom. The number of nitrogens with zero attached hydrogens (tertiary/aromatic N) is 3. The van der Waals surface area contributed by atoms with Gasteiger partial charge in [0.2, 0.25) is 0 Å². The van der Waals surface area contributed by atoms with E-state index in [2.05, 4.69) is 22.0 Å². The molecule has 0 aliphatic carbocycles. The number of carbonyl (C=O) groups is 1. The standard InChI is InChI=1S/C21H22N4O/c22-20-15-25(18-6-2-1-3-7-18)19(14-23-20)16-8-10-17(11-9-16)21(26)24-12-4-5-13-24/h1-3,6-11,14H,4-5,12-13,15H2,(H2,22,23). The molecule has 26 heavy (non-hydrogen) atoms. The van der Waals surface area contributed by atoms with Gasteiger partial charge in [-0.25, -0.2) is 4.99 Å². The van der Waals surface area contributed by atoms with Gasteiger partial charge in [-0.05, 0) is 42.7 Å². The molecular formula is C21H22N4O. The molecular weight excluding hydrogens is 324 g/mol. The first-order valence-electron chi connectivity index (χ1n) is 8.97. The van der Waals surface area contributed by atoms with Crippen LogP contribution < -0.4 is 10.6 Å². The van der Waals surface area contributed by atoms with Crippen molar-refractivity contribution in [3.63, 3.8) is 0 Å². The SMILES string of the molecule is NC1=NC=C(c2ccc(C(=O)N3CCCC3)cc2)N(c2ccccc2)C1. The first-order chi connectivity index (χ1) is 12.7. The van der Waals surface area contributed by atoms with Gasteiger partial charge in [-0.2, -0.15) is 0 Å². The van der Waals surface area contributed by atoms with Crippen LogP contribution in [-0.2, 0) is 0 Å². The Kier molecular flexibility index (Phi) is 4.44. The van der Waals surface area contributed by atoms with Crippen molar-refractivity contribution in [1.29, 1.82) is 0 Å². The fourth-order valence-corrected chi connectivity index (χ4v) is 3.46. The molecule has 1 saturated heterocycles. The lowest BCUT2D eigenvalue weighted by Crippen LogP contribution is -2.35. The summed E-state index contributed by atoms with van der Waals surface area (Å²) in [4.78, 5) is 20.9. The Hall–Kier alpha value is -3.08. The number of amides is 1. The fourth-order valence-electron chi connectivity index (χ4n) is 3.46. The Labute approximate surface area is 153 Å². The van der Waals surface area contributed by atoms with Crippen molar-refractivity contribution < 1.29 is 4.79 Å². The molecule has 5 nitrogen and oxygen atoms in total. The van der Waals surface area contributed by atoms with E-state index in [1.807, 2.05) is 47.4 Å². The molecule has 1 amide bonds. The van der Waals surface area contributed by atoms with Gasteiger partial charge in [-0.1, -0.05) is 30.3 Å². The third-order valence-corrected chi connectivity index (χ3v) is 4.85. The Bertz CT molecular complexity index is 849. The van der Waals surface area contributed by atoms with Gasteiger partial charge in [-0.15, -0.1) is 0 Å². The second kappa shape index (κ2) is 7.04. The molecule has 2 heterocycles. The zero-order valence-corrected chi connectivity index (χ0v) is 14.6. The number of para-hydroxylation sites is 1. The van der Waals surface area contributed by atoms with Gasteiger partial charge < -0.3 is 15.5 Å².